The van der Waals surface area contributed by atoms with Crippen molar-refractivity contribution in [1.29, 1.82) is 0 Å². The van der Waals surface area contributed by atoms with E-state index >= 15 is 0 Å². The maximum Gasteiger partial charge on any atom is 0.0231 e. The molecule has 0 atom stereocenters. The number of rotatable bonds is 2. The van der Waals surface area contributed by atoms with Gasteiger partial charge in [-0.25, -0.2) is 0 Å². The van der Waals surface area contributed by atoms with Gasteiger partial charge in [-0.3, -0.25) is 0 Å². The van der Waals surface area contributed by atoms with Crippen LogP contribution in [0.5, 0.6) is 0 Å². The normalized spacial score (nSPS) is 7.00. The number of hydrogen-bond donors (Lipinski definition) is 0. The Hall–Kier alpha value is 1.77. The summed E-state index contributed by atoms with van der Waals surface area (Å²) in [4.78, 5) is 0. The first kappa shape index (κ1) is 10.7. The van der Waals surface area contributed by atoms with Gasteiger partial charge in [-0.15, -0.1) is 11.6 Å². The van der Waals surface area contributed by atoms with E-state index in [-0.39, 0.29) is 29.6 Å². The summed E-state index contributed by atoms with van der Waals surface area (Å²) in [6.45, 7) is 0. The van der Waals surface area contributed by atoms with Gasteiger partial charge >= 0.3 is 0 Å². The van der Waals surface area contributed by atoms with E-state index in [1.807, 2.05) is 0 Å². The molecule has 3 heteroatoms. The molecule has 1 radical (unpaired) electrons. The molecule has 0 unspecified atom stereocenters. The summed E-state index contributed by atoms with van der Waals surface area (Å²) in [7, 11) is 0. The number of alkyl halides is 2. The van der Waals surface area contributed by atoms with Gasteiger partial charge < -0.3 is 0 Å². The number of halogens is 2. The molecule has 0 aromatic carbocycles. The van der Waals surface area contributed by atoms with Gasteiger partial charge in [0.05, 0.1) is 0 Å². The third-order valence-electron chi connectivity index (χ3n) is 0.267. The Bertz CT molecular complexity index is 18.3. The van der Waals surface area contributed by atoms with Crippen molar-refractivity contribution in [2.45, 2.75) is 6.42 Å². The average Bonchev–Trinajstić information content (AvgIpc) is 1.41. The first-order chi connectivity index (χ1) is 2.41. The van der Waals surface area contributed by atoms with E-state index in [2.05, 4.69) is 15.9 Å². The molecule has 0 aromatic heterocycles. The van der Waals surface area contributed by atoms with Gasteiger partial charge in [0, 0.05) is 40.8 Å². The van der Waals surface area contributed by atoms with E-state index in [0.29, 0.717) is 0 Å². The second-order valence-corrected chi connectivity index (χ2v) is 1.90. The van der Waals surface area contributed by atoms with Crippen LogP contribution in [0.1, 0.15) is 6.42 Å². The third kappa shape index (κ3) is 9.24. The maximum atomic E-state index is 5.27. The van der Waals surface area contributed by atoms with Gasteiger partial charge in [-0.1, -0.05) is 15.9 Å². The van der Waals surface area contributed by atoms with Crippen LogP contribution in [0.3, 0.4) is 0 Å². The summed E-state index contributed by atoms with van der Waals surface area (Å²) in [5.74, 6) is 0.769. The molecule has 0 fully saturated rings. The van der Waals surface area contributed by atoms with Gasteiger partial charge in [0.25, 0.3) is 0 Å². The molecule has 6 heavy (non-hydrogen) atoms. The van der Waals surface area contributed by atoms with Crippen molar-refractivity contribution >= 4 is 57.1 Å². The van der Waals surface area contributed by atoms with Crippen molar-refractivity contribution in [3.8, 4) is 0 Å². The van der Waals surface area contributed by atoms with Crippen molar-refractivity contribution in [3.63, 3.8) is 0 Å². The molecule has 0 rings (SSSR count). The first-order valence-electron chi connectivity index (χ1n) is 1.53. The van der Waals surface area contributed by atoms with E-state index in [1.165, 1.54) is 0 Å². The van der Waals surface area contributed by atoms with Crippen molar-refractivity contribution in [1.82, 2.24) is 0 Å². The summed E-state index contributed by atoms with van der Waals surface area (Å²) in [6, 6.07) is 0. The van der Waals surface area contributed by atoms with Crippen LogP contribution in [0.15, 0.2) is 0 Å². The molecule has 33 valence electrons. The fourth-order valence-electron chi connectivity index (χ4n) is 0.0505. The molecule has 0 heterocycles. The molecule has 0 aromatic rings. The molecule has 0 bridgehead atoms. The van der Waals surface area contributed by atoms with E-state index < -0.39 is 0 Å². The maximum absolute atomic E-state index is 5.27. The smallest absolute Gasteiger partial charge is 0.0231 e. The molecule has 0 nitrogen and oxygen atoms in total. The molecule has 0 N–H and O–H groups in total. The Kier molecular flexibility index (Phi) is 17.7. The minimum atomic E-state index is 0. The fraction of sp³-hybridized carbons (Fsp3) is 1.00. The van der Waals surface area contributed by atoms with Crippen molar-refractivity contribution in [2.24, 2.45) is 0 Å². The van der Waals surface area contributed by atoms with Crippen LogP contribution in [0.25, 0.3) is 0 Å². The van der Waals surface area contributed by atoms with Crippen LogP contribution in [0.2, 0.25) is 0 Å². The van der Waals surface area contributed by atoms with Crippen LogP contribution in [-0.4, -0.2) is 40.8 Å². The summed E-state index contributed by atoms with van der Waals surface area (Å²) >= 11 is 8.50. The Morgan fingerprint density at radius 3 is 2.00 bits per heavy atom. The van der Waals surface area contributed by atoms with Gasteiger partial charge in [0.2, 0.25) is 0 Å². The quantitative estimate of drug-likeness (QED) is 0.448. The van der Waals surface area contributed by atoms with E-state index in [0.717, 1.165) is 17.6 Å². The SMILES string of the molecule is ClCCCBr.[Na]. The minimum Gasteiger partial charge on any atom is -0.127 e. The Balaban J connectivity index is 0. The van der Waals surface area contributed by atoms with Crippen LogP contribution in [0.4, 0.5) is 0 Å². The molecule has 0 spiro atoms. The van der Waals surface area contributed by atoms with Gasteiger partial charge in [0.15, 0.2) is 0 Å². The Labute approximate surface area is 74.1 Å². The second-order valence-electron chi connectivity index (χ2n) is 0.732. The topological polar surface area (TPSA) is 0 Å². The zero-order valence-corrected chi connectivity index (χ0v) is 8.22. The fourth-order valence-corrected chi connectivity index (χ4v) is 0.787. The van der Waals surface area contributed by atoms with E-state index in [1.54, 1.807) is 0 Å². The van der Waals surface area contributed by atoms with Crippen LogP contribution in [-0.2, 0) is 0 Å². The molecule has 0 saturated carbocycles. The second kappa shape index (κ2) is 9.91. The molecule has 0 aliphatic carbocycles. The molecule has 0 amide bonds. The first-order valence-corrected chi connectivity index (χ1v) is 3.19. The number of hydrogen-bond acceptors (Lipinski definition) is 0. The monoisotopic (exact) mass is 179 g/mol. The van der Waals surface area contributed by atoms with Crippen molar-refractivity contribution < 1.29 is 0 Å². The van der Waals surface area contributed by atoms with E-state index in [4.69, 9.17) is 11.6 Å². The minimum absolute atomic E-state index is 0. The summed E-state index contributed by atoms with van der Waals surface area (Å²) < 4.78 is 0. The summed E-state index contributed by atoms with van der Waals surface area (Å²) in [5.41, 5.74) is 0. The van der Waals surface area contributed by atoms with Crippen LogP contribution in [0, 0.1) is 0 Å². The largest absolute Gasteiger partial charge is 0.127 e. The van der Waals surface area contributed by atoms with Crippen LogP contribution >= 0.6 is 27.5 Å². The third-order valence-corrected chi connectivity index (χ3v) is 1.10. The Morgan fingerprint density at radius 1 is 1.50 bits per heavy atom. The summed E-state index contributed by atoms with van der Waals surface area (Å²) in [6.07, 6.45) is 1.07. The van der Waals surface area contributed by atoms with E-state index in [9.17, 15) is 0 Å². The molecular formula is C3H6BrClNa. The predicted molar refractivity (Wildman–Crippen MR) is 34.9 cm³/mol. The Morgan fingerprint density at radius 2 is 2.00 bits per heavy atom. The molecular weight excluding hydrogens is 174 g/mol. The van der Waals surface area contributed by atoms with Crippen LogP contribution < -0.4 is 0 Å². The zero-order valence-electron chi connectivity index (χ0n) is 3.88. The van der Waals surface area contributed by atoms with Crippen molar-refractivity contribution in [3.05, 3.63) is 0 Å². The molecule has 0 aliphatic heterocycles. The molecule has 0 saturated heterocycles. The zero-order chi connectivity index (χ0) is 4.12. The summed E-state index contributed by atoms with van der Waals surface area (Å²) in [5, 5.41) is 1.02. The van der Waals surface area contributed by atoms with Gasteiger partial charge in [-0.2, -0.15) is 0 Å². The van der Waals surface area contributed by atoms with Crippen molar-refractivity contribution in [2.75, 3.05) is 11.2 Å². The van der Waals surface area contributed by atoms with Gasteiger partial charge in [-0.05, 0) is 6.42 Å². The van der Waals surface area contributed by atoms with Gasteiger partial charge in [0.1, 0.15) is 0 Å². The molecule has 0 aliphatic rings. The average molecular weight is 180 g/mol. The predicted octanol–water partition coefficient (Wildman–Crippen LogP) is 1.63. The standard InChI is InChI=1S/C3H6BrCl.Na/c4-2-1-3-5;/h1-3H2;.